The smallest absolute Gasteiger partial charge is 0.282 e. The maximum Gasteiger partial charge on any atom is 0.282 e. The zero-order valence-electron chi connectivity index (χ0n) is 22.4. The molecule has 1 N–H and O–H groups in total. The normalized spacial score (nSPS) is 13.9. The highest BCUT2D eigenvalue weighted by Gasteiger charge is 2.23. The van der Waals surface area contributed by atoms with Gasteiger partial charge in [0.25, 0.3) is 17.2 Å². The molecular formula is C30H28BrN5O5. The molecule has 0 saturated heterocycles. The zero-order valence-corrected chi connectivity index (χ0v) is 24.0. The second-order valence-electron chi connectivity index (χ2n) is 9.96. The Morgan fingerprint density at radius 2 is 1.95 bits per heavy atom. The number of nitro groups is 1. The molecule has 1 aromatic heterocycles. The summed E-state index contributed by atoms with van der Waals surface area (Å²) in [4.78, 5) is 42.0. The molecule has 1 aliphatic carbocycles. The third-order valence-corrected chi connectivity index (χ3v) is 7.59. The number of para-hydroxylation sites is 1. The van der Waals surface area contributed by atoms with Crippen LogP contribution in [0.5, 0.6) is 5.75 Å². The molecule has 210 valence electrons. The van der Waals surface area contributed by atoms with E-state index < -0.39 is 4.92 Å². The lowest BCUT2D eigenvalue weighted by Crippen LogP contribution is -2.25. The standard InChI is InChI=1S/C30H28BrN5O5/c1-19-7-5-6-10-25(19)33-28(37)18-41-27-14-12-23(36(39)40)15-21(27)17-32-35-29(20-8-3-2-4-9-20)34-26-13-11-22(31)16-24(26)30(35)38/h5-7,10-17,20H,2-4,8-9,18H2,1H3,(H,33,37). The van der Waals surface area contributed by atoms with Crippen LogP contribution in [0.1, 0.15) is 55.0 Å². The van der Waals surface area contributed by atoms with E-state index >= 15 is 0 Å². The molecule has 0 atom stereocenters. The first-order valence-electron chi connectivity index (χ1n) is 13.3. The fourth-order valence-corrected chi connectivity index (χ4v) is 5.31. The van der Waals surface area contributed by atoms with Gasteiger partial charge in [-0.3, -0.25) is 19.7 Å². The molecule has 0 spiro atoms. The summed E-state index contributed by atoms with van der Waals surface area (Å²) in [5.74, 6) is 0.447. The van der Waals surface area contributed by atoms with Gasteiger partial charge in [-0.05, 0) is 55.7 Å². The number of hydrogen-bond donors (Lipinski definition) is 1. The number of anilines is 1. The summed E-state index contributed by atoms with van der Waals surface area (Å²) in [5.41, 5.74) is 1.89. The Morgan fingerprint density at radius 1 is 1.17 bits per heavy atom. The molecule has 0 unspecified atom stereocenters. The van der Waals surface area contributed by atoms with Crippen molar-refractivity contribution >= 4 is 50.3 Å². The van der Waals surface area contributed by atoms with E-state index in [4.69, 9.17) is 9.72 Å². The van der Waals surface area contributed by atoms with Crippen LogP contribution in [-0.4, -0.2) is 33.3 Å². The van der Waals surface area contributed by atoms with Crippen LogP contribution in [0.4, 0.5) is 11.4 Å². The summed E-state index contributed by atoms with van der Waals surface area (Å²) >= 11 is 3.42. The van der Waals surface area contributed by atoms with Crippen molar-refractivity contribution in [2.24, 2.45) is 5.10 Å². The summed E-state index contributed by atoms with van der Waals surface area (Å²) in [5, 5.41) is 19.2. The summed E-state index contributed by atoms with van der Waals surface area (Å²) < 4.78 is 7.79. The third-order valence-electron chi connectivity index (χ3n) is 7.10. The zero-order chi connectivity index (χ0) is 28.9. The summed E-state index contributed by atoms with van der Waals surface area (Å²) in [7, 11) is 0. The lowest BCUT2D eigenvalue weighted by molar-refractivity contribution is -0.384. The number of carbonyl (C=O) groups is 1. The predicted molar refractivity (Wildman–Crippen MR) is 161 cm³/mol. The second-order valence-corrected chi connectivity index (χ2v) is 10.9. The highest BCUT2D eigenvalue weighted by atomic mass is 79.9. The average Bonchev–Trinajstić information content (AvgIpc) is 2.97. The molecule has 3 aromatic carbocycles. The summed E-state index contributed by atoms with van der Waals surface area (Å²) in [6, 6.07) is 16.7. The number of benzene rings is 3. The Labute approximate surface area is 244 Å². The van der Waals surface area contributed by atoms with Gasteiger partial charge in [0.1, 0.15) is 11.6 Å². The van der Waals surface area contributed by atoms with Crippen LogP contribution in [0, 0.1) is 17.0 Å². The minimum absolute atomic E-state index is 0.0626. The SMILES string of the molecule is Cc1ccccc1NC(=O)COc1ccc([N+](=O)[O-])cc1C=Nn1c(C2CCCCC2)nc2ccc(Br)cc2c1=O. The van der Waals surface area contributed by atoms with Crippen molar-refractivity contribution in [3.63, 3.8) is 0 Å². The van der Waals surface area contributed by atoms with Crippen LogP contribution < -0.4 is 15.6 Å². The minimum atomic E-state index is -0.527. The quantitative estimate of drug-likeness (QED) is 0.140. The van der Waals surface area contributed by atoms with Gasteiger partial charge in [-0.15, -0.1) is 0 Å². The number of aryl methyl sites for hydroxylation is 1. The molecule has 1 heterocycles. The van der Waals surface area contributed by atoms with Crippen LogP contribution in [0.25, 0.3) is 10.9 Å². The van der Waals surface area contributed by atoms with Gasteiger partial charge in [0.2, 0.25) is 0 Å². The second kappa shape index (κ2) is 12.4. The van der Waals surface area contributed by atoms with Crippen molar-refractivity contribution in [1.82, 2.24) is 9.66 Å². The Bertz CT molecular complexity index is 1710. The molecule has 1 saturated carbocycles. The number of amides is 1. The van der Waals surface area contributed by atoms with Gasteiger partial charge in [-0.2, -0.15) is 9.78 Å². The van der Waals surface area contributed by atoms with E-state index in [1.54, 1.807) is 18.2 Å². The first-order chi connectivity index (χ1) is 19.8. The van der Waals surface area contributed by atoms with Gasteiger partial charge in [0, 0.05) is 33.8 Å². The molecule has 41 heavy (non-hydrogen) atoms. The third kappa shape index (κ3) is 6.51. The van der Waals surface area contributed by atoms with E-state index in [1.165, 1.54) is 29.1 Å². The van der Waals surface area contributed by atoms with Gasteiger partial charge in [0.05, 0.1) is 22.0 Å². The van der Waals surface area contributed by atoms with E-state index in [2.05, 4.69) is 26.3 Å². The van der Waals surface area contributed by atoms with E-state index in [9.17, 15) is 19.7 Å². The molecule has 1 amide bonds. The van der Waals surface area contributed by atoms with Crippen molar-refractivity contribution in [3.8, 4) is 5.75 Å². The first-order valence-corrected chi connectivity index (χ1v) is 14.1. The van der Waals surface area contributed by atoms with Crippen molar-refractivity contribution in [2.45, 2.75) is 44.9 Å². The number of nitrogens with zero attached hydrogens (tertiary/aromatic N) is 4. The van der Waals surface area contributed by atoms with Gasteiger partial charge in [-0.1, -0.05) is 53.4 Å². The number of nitro benzene ring substituents is 1. The van der Waals surface area contributed by atoms with E-state index in [0.717, 1.165) is 42.1 Å². The van der Waals surface area contributed by atoms with E-state index in [-0.39, 0.29) is 41.0 Å². The largest absolute Gasteiger partial charge is 0.483 e. The van der Waals surface area contributed by atoms with Gasteiger partial charge < -0.3 is 10.1 Å². The summed E-state index contributed by atoms with van der Waals surface area (Å²) in [6.07, 6.45) is 6.35. The number of carbonyl (C=O) groups excluding carboxylic acids is 1. The van der Waals surface area contributed by atoms with Crippen LogP contribution in [0.2, 0.25) is 0 Å². The monoisotopic (exact) mass is 617 g/mol. The Balaban J connectivity index is 1.49. The molecule has 5 rings (SSSR count). The van der Waals surface area contributed by atoms with Gasteiger partial charge in [0.15, 0.2) is 6.61 Å². The van der Waals surface area contributed by atoms with Crippen LogP contribution in [0.15, 0.2) is 75.0 Å². The average molecular weight is 618 g/mol. The number of halogens is 1. The molecule has 11 heteroatoms. The maximum absolute atomic E-state index is 13.6. The summed E-state index contributed by atoms with van der Waals surface area (Å²) in [6.45, 7) is 1.55. The lowest BCUT2D eigenvalue weighted by atomic mass is 9.88. The van der Waals surface area contributed by atoms with Gasteiger partial charge >= 0.3 is 0 Å². The predicted octanol–water partition coefficient (Wildman–Crippen LogP) is 6.32. The Morgan fingerprint density at radius 3 is 2.71 bits per heavy atom. The number of nitrogens with one attached hydrogen (secondary N) is 1. The highest BCUT2D eigenvalue weighted by Crippen LogP contribution is 2.32. The van der Waals surface area contributed by atoms with Crippen molar-refractivity contribution < 1.29 is 14.5 Å². The van der Waals surface area contributed by atoms with Crippen LogP contribution in [0.3, 0.4) is 0 Å². The Hall–Kier alpha value is -4.38. The van der Waals surface area contributed by atoms with Crippen LogP contribution >= 0.6 is 15.9 Å². The maximum atomic E-state index is 13.6. The number of hydrogen-bond acceptors (Lipinski definition) is 7. The molecule has 1 aliphatic rings. The minimum Gasteiger partial charge on any atom is -0.483 e. The van der Waals surface area contributed by atoms with Crippen molar-refractivity contribution in [2.75, 3.05) is 11.9 Å². The molecular weight excluding hydrogens is 590 g/mol. The molecule has 0 bridgehead atoms. The number of ether oxygens (including phenoxy) is 1. The van der Waals surface area contributed by atoms with Crippen molar-refractivity contribution in [3.05, 3.63) is 103 Å². The van der Waals surface area contributed by atoms with E-state index in [1.807, 2.05) is 31.2 Å². The molecule has 0 radical (unpaired) electrons. The first kappa shape index (κ1) is 28.2. The van der Waals surface area contributed by atoms with Crippen molar-refractivity contribution in [1.29, 1.82) is 0 Å². The number of non-ortho nitro benzene ring substituents is 1. The van der Waals surface area contributed by atoms with Gasteiger partial charge in [-0.25, -0.2) is 4.98 Å². The van der Waals surface area contributed by atoms with Crippen LogP contribution in [-0.2, 0) is 4.79 Å². The number of aromatic nitrogens is 2. The fourth-order valence-electron chi connectivity index (χ4n) is 4.95. The number of rotatable bonds is 8. The molecule has 1 fully saturated rings. The van der Waals surface area contributed by atoms with E-state index in [0.29, 0.717) is 22.4 Å². The topological polar surface area (TPSA) is 129 Å². The Kier molecular flexibility index (Phi) is 8.53. The number of fused-ring (bicyclic) bond motifs is 1. The molecule has 0 aliphatic heterocycles. The molecule has 4 aromatic rings. The molecule has 10 nitrogen and oxygen atoms in total. The fraction of sp³-hybridized carbons (Fsp3) is 0.267. The lowest BCUT2D eigenvalue weighted by Gasteiger charge is -2.22. The highest BCUT2D eigenvalue weighted by molar-refractivity contribution is 9.10.